The zero-order valence-electron chi connectivity index (χ0n) is 10.5. The number of rotatable bonds is 5. The minimum Gasteiger partial charge on any atom is -0.327 e. The fourth-order valence-electron chi connectivity index (χ4n) is 3.70. The van der Waals surface area contributed by atoms with Crippen molar-refractivity contribution in [1.82, 2.24) is 14.8 Å². The van der Waals surface area contributed by atoms with Crippen LogP contribution in [0, 0.1) is 17.8 Å². The highest BCUT2D eigenvalue weighted by molar-refractivity contribution is 5.07. The summed E-state index contributed by atoms with van der Waals surface area (Å²) in [6.07, 6.45) is 7.89. The van der Waals surface area contributed by atoms with Crippen molar-refractivity contribution in [3.05, 3.63) is 12.2 Å². The molecule has 2 aliphatic rings. The molecule has 2 N–H and O–H groups in total. The van der Waals surface area contributed by atoms with E-state index in [9.17, 15) is 0 Å². The molecule has 3 rings (SSSR count). The van der Waals surface area contributed by atoms with Crippen LogP contribution in [-0.2, 0) is 13.0 Å². The Labute approximate surface area is 103 Å². The third kappa shape index (κ3) is 1.99. The Kier molecular flexibility index (Phi) is 2.90. The van der Waals surface area contributed by atoms with Crippen LogP contribution >= 0.6 is 0 Å². The first-order valence-electron chi connectivity index (χ1n) is 6.93. The highest BCUT2D eigenvalue weighted by Crippen LogP contribution is 2.58. The highest BCUT2D eigenvalue weighted by Gasteiger charge is 2.54. The summed E-state index contributed by atoms with van der Waals surface area (Å²) in [4.78, 5) is 4.35. The Morgan fingerprint density at radius 3 is 2.94 bits per heavy atom. The smallest absolute Gasteiger partial charge is 0.138 e. The molecular weight excluding hydrogens is 212 g/mol. The summed E-state index contributed by atoms with van der Waals surface area (Å²) in [6, 6.07) is 0.296. The van der Waals surface area contributed by atoms with Crippen molar-refractivity contribution in [3.8, 4) is 0 Å². The van der Waals surface area contributed by atoms with E-state index < -0.39 is 0 Å². The lowest BCUT2D eigenvalue weighted by molar-refractivity contribution is 0.460. The van der Waals surface area contributed by atoms with Gasteiger partial charge in [-0.25, -0.2) is 4.98 Å². The molecule has 0 spiro atoms. The van der Waals surface area contributed by atoms with Crippen LogP contribution in [-0.4, -0.2) is 20.8 Å². The number of fused-ring (bicyclic) bond motifs is 1. The zero-order valence-corrected chi connectivity index (χ0v) is 10.5. The first kappa shape index (κ1) is 11.2. The summed E-state index contributed by atoms with van der Waals surface area (Å²) in [5.74, 6) is 3.72. The molecule has 17 heavy (non-hydrogen) atoms. The average molecular weight is 234 g/mol. The molecule has 3 atom stereocenters. The molecule has 4 nitrogen and oxygen atoms in total. The van der Waals surface area contributed by atoms with Crippen molar-refractivity contribution >= 4 is 0 Å². The molecule has 3 unspecified atom stereocenters. The van der Waals surface area contributed by atoms with E-state index in [0.29, 0.717) is 6.04 Å². The minimum absolute atomic E-state index is 0.296. The standard InChI is InChI=1S/C13H22N4/c1-2-6-17-12(15-8-16-17)7-11(14)13-9-4-3-5-10(9)13/h8-11,13H,2-7,14H2,1H3. The minimum atomic E-state index is 0.296. The number of aromatic nitrogens is 3. The van der Waals surface area contributed by atoms with Gasteiger partial charge in [-0.2, -0.15) is 5.10 Å². The Morgan fingerprint density at radius 2 is 2.24 bits per heavy atom. The average Bonchev–Trinajstić information content (AvgIpc) is 2.68. The predicted molar refractivity (Wildman–Crippen MR) is 66.3 cm³/mol. The number of aryl methyl sites for hydroxylation is 1. The molecule has 2 saturated carbocycles. The third-order valence-electron chi connectivity index (χ3n) is 4.52. The fourth-order valence-corrected chi connectivity index (χ4v) is 3.70. The molecule has 94 valence electrons. The van der Waals surface area contributed by atoms with Crippen LogP contribution in [0.1, 0.15) is 38.4 Å². The van der Waals surface area contributed by atoms with Crippen molar-refractivity contribution in [2.75, 3.05) is 0 Å². The van der Waals surface area contributed by atoms with Crippen LogP contribution in [0.5, 0.6) is 0 Å². The van der Waals surface area contributed by atoms with Gasteiger partial charge in [-0.05, 0) is 37.0 Å². The molecule has 0 saturated heterocycles. The summed E-state index contributed by atoms with van der Waals surface area (Å²) in [5, 5.41) is 4.26. The Morgan fingerprint density at radius 1 is 1.47 bits per heavy atom. The monoisotopic (exact) mass is 234 g/mol. The molecule has 4 heteroatoms. The first-order valence-corrected chi connectivity index (χ1v) is 6.93. The van der Waals surface area contributed by atoms with Gasteiger partial charge in [-0.3, -0.25) is 4.68 Å². The topological polar surface area (TPSA) is 56.7 Å². The maximum atomic E-state index is 6.34. The van der Waals surface area contributed by atoms with Crippen molar-refractivity contribution in [1.29, 1.82) is 0 Å². The summed E-state index contributed by atoms with van der Waals surface area (Å²) < 4.78 is 2.01. The van der Waals surface area contributed by atoms with Crippen LogP contribution in [0.25, 0.3) is 0 Å². The van der Waals surface area contributed by atoms with Crippen molar-refractivity contribution in [3.63, 3.8) is 0 Å². The summed E-state index contributed by atoms with van der Waals surface area (Å²) in [5.41, 5.74) is 6.34. The molecule has 1 aromatic heterocycles. The molecular formula is C13H22N4. The van der Waals surface area contributed by atoms with E-state index in [4.69, 9.17) is 5.73 Å². The molecule has 2 fully saturated rings. The SMILES string of the molecule is CCCn1ncnc1CC(N)C1C2CCCC21. The van der Waals surface area contributed by atoms with Gasteiger partial charge < -0.3 is 5.73 Å². The van der Waals surface area contributed by atoms with E-state index in [-0.39, 0.29) is 0 Å². The molecule has 2 aliphatic carbocycles. The van der Waals surface area contributed by atoms with Crippen LogP contribution in [0.3, 0.4) is 0 Å². The van der Waals surface area contributed by atoms with Crippen LogP contribution in [0.2, 0.25) is 0 Å². The molecule has 0 bridgehead atoms. The molecule has 0 aliphatic heterocycles. The maximum absolute atomic E-state index is 6.34. The van der Waals surface area contributed by atoms with E-state index in [2.05, 4.69) is 17.0 Å². The Hall–Kier alpha value is -0.900. The van der Waals surface area contributed by atoms with Gasteiger partial charge in [0.15, 0.2) is 0 Å². The molecule has 0 amide bonds. The van der Waals surface area contributed by atoms with Gasteiger partial charge in [-0.15, -0.1) is 0 Å². The normalized spacial score (nSPS) is 32.5. The number of nitrogens with two attached hydrogens (primary N) is 1. The number of hydrogen-bond acceptors (Lipinski definition) is 3. The summed E-state index contributed by atoms with van der Waals surface area (Å²) >= 11 is 0. The number of hydrogen-bond donors (Lipinski definition) is 1. The van der Waals surface area contributed by atoms with Gasteiger partial charge >= 0.3 is 0 Å². The molecule has 1 aromatic rings. The third-order valence-corrected chi connectivity index (χ3v) is 4.52. The van der Waals surface area contributed by atoms with Gasteiger partial charge in [0.25, 0.3) is 0 Å². The van der Waals surface area contributed by atoms with Crippen LogP contribution < -0.4 is 5.73 Å². The molecule has 1 heterocycles. The van der Waals surface area contributed by atoms with Gasteiger partial charge in [0.1, 0.15) is 12.2 Å². The fraction of sp³-hybridized carbons (Fsp3) is 0.846. The first-order chi connectivity index (χ1) is 8.31. The van der Waals surface area contributed by atoms with E-state index in [0.717, 1.165) is 43.0 Å². The van der Waals surface area contributed by atoms with Crippen molar-refractivity contribution in [2.45, 2.75) is 51.6 Å². The molecule has 0 aromatic carbocycles. The summed E-state index contributed by atoms with van der Waals surface area (Å²) in [7, 11) is 0. The Bertz CT molecular complexity index is 377. The van der Waals surface area contributed by atoms with E-state index in [1.165, 1.54) is 19.3 Å². The second kappa shape index (κ2) is 4.41. The van der Waals surface area contributed by atoms with Gasteiger partial charge in [0.05, 0.1) is 0 Å². The lowest BCUT2D eigenvalue weighted by Gasteiger charge is -2.13. The maximum Gasteiger partial charge on any atom is 0.138 e. The molecule has 0 radical (unpaired) electrons. The van der Waals surface area contributed by atoms with Gasteiger partial charge in [0.2, 0.25) is 0 Å². The quantitative estimate of drug-likeness (QED) is 0.842. The highest BCUT2D eigenvalue weighted by atomic mass is 15.3. The predicted octanol–water partition coefficient (Wildman–Crippen LogP) is 1.60. The van der Waals surface area contributed by atoms with E-state index in [1.54, 1.807) is 6.33 Å². The van der Waals surface area contributed by atoms with Crippen molar-refractivity contribution < 1.29 is 0 Å². The van der Waals surface area contributed by atoms with Crippen LogP contribution in [0.15, 0.2) is 6.33 Å². The lowest BCUT2D eigenvalue weighted by Crippen LogP contribution is -2.29. The van der Waals surface area contributed by atoms with Crippen molar-refractivity contribution in [2.24, 2.45) is 23.5 Å². The van der Waals surface area contributed by atoms with E-state index >= 15 is 0 Å². The van der Waals surface area contributed by atoms with Gasteiger partial charge in [0, 0.05) is 19.0 Å². The van der Waals surface area contributed by atoms with Gasteiger partial charge in [-0.1, -0.05) is 13.3 Å². The van der Waals surface area contributed by atoms with Crippen LogP contribution in [0.4, 0.5) is 0 Å². The lowest BCUT2D eigenvalue weighted by atomic mass is 10.0. The number of nitrogens with zero attached hydrogens (tertiary/aromatic N) is 3. The zero-order chi connectivity index (χ0) is 11.8. The second-order valence-corrected chi connectivity index (χ2v) is 5.60. The second-order valence-electron chi connectivity index (χ2n) is 5.60. The Balaban J connectivity index is 1.60. The summed E-state index contributed by atoms with van der Waals surface area (Å²) in [6.45, 7) is 3.12. The largest absolute Gasteiger partial charge is 0.327 e. The van der Waals surface area contributed by atoms with E-state index in [1.807, 2.05) is 4.68 Å².